The van der Waals surface area contributed by atoms with Crippen LogP contribution in [0.1, 0.15) is 5.56 Å². The number of amides is 2. The molecule has 7 nitrogen and oxygen atoms in total. The number of hydrogen-bond acceptors (Lipinski definition) is 6. The van der Waals surface area contributed by atoms with Gasteiger partial charge in [-0.25, -0.2) is 4.79 Å². The molecule has 0 fully saturated rings. The molecule has 0 aromatic carbocycles. The van der Waals surface area contributed by atoms with Crippen molar-refractivity contribution in [3.63, 3.8) is 0 Å². The van der Waals surface area contributed by atoms with Gasteiger partial charge in [-0.05, 0) is 30.2 Å². The quantitative estimate of drug-likeness (QED) is 0.751. The lowest BCUT2D eigenvalue weighted by Crippen LogP contribution is -2.30. The number of hydrogen-bond donors (Lipinski definition) is 2. The summed E-state index contributed by atoms with van der Waals surface area (Å²) in [7, 11) is 0. The van der Waals surface area contributed by atoms with E-state index < -0.39 is 0 Å². The largest absolute Gasteiger partial charge is 0.337 e. The number of aromatic nitrogens is 4. The first-order valence-corrected chi connectivity index (χ1v) is 7.81. The summed E-state index contributed by atoms with van der Waals surface area (Å²) in [6.07, 6.45) is 5.91. The molecular formula is C15H14N6OS. The predicted molar refractivity (Wildman–Crippen MR) is 88.1 cm³/mol. The molecular weight excluding hydrogens is 312 g/mol. The first kappa shape index (κ1) is 15.0. The molecule has 0 radical (unpaired) electrons. The van der Waals surface area contributed by atoms with E-state index in [-0.39, 0.29) is 6.03 Å². The van der Waals surface area contributed by atoms with E-state index in [9.17, 15) is 4.79 Å². The Morgan fingerprint density at radius 2 is 2.09 bits per heavy atom. The highest BCUT2D eigenvalue weighted by Gasteiger charge is 2.09. The Hall–Kier alpha value is -2.87. The smallest absolute Gasteiger partial charge is 0.321 e. The second-order valence-corrected chi connectivity index (χ2v) is 5.60. The van der Waals surface area contributed by atoms with Gasteiger partial charge in [0.25, 0.3) is 0 Å². The SMILES string of the molecule is O=C(NCCc1cccnc1)Nc1nnc(-c2ccccn2)s1. The van der Waals surface area contributed by atoms with Crippen LogP contribution in [0, 0.1) is 0 Å². The second-order valence-electron chi connectivity index (χ2n) is 4.62. The third kappa shape index (κ3) is 4.30. The van der Waals surface area contributed by atoms with Gasteiger partial charge >= 0.3 is 6.03 Å². The minimum absolute atomic E-state index is 0.308. The number of rotatable bonds is 5. The zero-order valence-electron chi connectivity index (χ0n) is 12.1. The first-order valence-electron chi connectivity index (χ1n) is 7.00. The number of carbonyl (C=O) groups is 1. The fraction of sp³-hybridized carbons (Fsp3) is 0.133. The fourth-order valence-electron chi connectivity index (χ4n) is 1.87. The molecule has 116 valence electrons. The van der Waals surface area contributed by atoms with Crippen LogP contribution in [0.2, 0.25) is 0 Å². The molecule has 0 bridgehead atoms. The Balaban J connectivity index is 1.49. The van der Waals surface area contributed by atoms with Crippen LogP contribution in [0.5, 0.6) is 0 Å². The summed E-state index contributed by atoms with van der Waals surface area (Å²) >= 11 is 1.28. The van der Waals surface area contributed by atoms with Crippen molar-refractivity contribution in [3.05, 3.63) is 54.5 Å². The number of carbonyl (C=O) groups excluding carboxylic acids is 1. The molecule has 3 aromatic heterocycles. The first-order chi connectivity index (χ1) is 11.3. The molecule has 23 heavy (non-hydrogen) atoms. The molecule has 8 heteroatoms. The van der Waals surface area contributed by atoms with Crippen LogP contribution in [0.4, 0.5) is 9.93 Å². The second kappa shape index (κ2) is 7.41. The van der Waals surface area contributed by atoms with Gasteiger partial charge in [0.2, 0.25) is 5.13 Å². The van der Waals surface area contributed by atoms with Crippen molar-refractivity contribution in [2.45, 2.75) is 6.42 Å². The molecule has 3 rings (SSSR count). The van der Waals surface area contributed by atoms with Crippen molar-refractivity contribution in [1.29, 1.82) is 0 Å². The molecule has 0 saturated heterocycles. The van der Waals surface area contributed by atoms with E-state index in [4.69, 9.17) is 0 Å². The number of nitrogens with one attached hydrogen (secondary N) is 2. The van der Waals surface area contributed by atoms with Crippen LogP contribution in [0.25, 0.3) is 10.7 Å². The number of urea groups is 1. The molecule has 3 aromatic rings. The number of anilines is 1. The third-order valence-electron chi connectivity index (χ3n) is 2.95. The van der Waals surface area contributed by atoms with Crippen molar-refractivity contribution in [2.75, 3.05) is 11.9 Å². The van der Waals surface area contributed by atoms with E-state index in [0.29, 0.717) is 16.7 Å². The summed E-state index contributed by atoms with van der Waals surface area (Å²) in [5.41, 5.74) is 1.80. The van der Waals surface area contributed by atoms with Crippen molar-refractivity contribution >= 4 is 22.5 Å². The highest BCUT2D eigenvalue weighted by Crippen LogP contribution is 2.24. The van der Waals surface area contributed by atoms with Gasteiger partial charge in [0.15, 0.2) is 5.01 Å². The van der Waals surface area contributed by atoms with Crippen LogP contribution in [-0.2, 0) is 6.42 Å². The monoisotopic (exact) mass is 326 g/mol. The molecule has 0 unspecified atom stereocenters. The molecule has 2 amide bonds. The minimum atomic E-state index is -0.308. The molecule has 3 heterocycles. The fourth-order valence-corrected chi connectivity index (χ4v) is 2.59. The molecule has 0 aliphatic carbocycles. The Labute approximate surface area is 136 Å². The molecule has 0 saturated carbocycles. The van der Waals surface area contributed by atoms with E-state index in [2.05, 4.69) is 30.8 Å². The maximum absolute atomic E-state index is 11.8. The molecule has 0 spiro atoms. The van der Waals surface area contributed by atoms with Gasteiger partial charge in [0.05, 0.1) is 0 Å². The van der Waals surface area contributed by atoms with Crippen LogP contribution in [-0.4, -0.2) is 32.7 Å². The highest BCUT2D eigenvalue weighted by atomic mass is 32.1. The predicted octanol–water partition coefficient (Wildman–Crippen LogP) is 2.36. The van der Waals surface area contributed by atoms with Gasteiger partial charge in [-0.15, -0.1) is 10.2 Å². The Kier molecular flexibility index (Phi) is 4.85. The number of nitrogens with zero attached hydrogens (tertiary/aromatic N) is 4. The van der Waals surface area contributed by atoms with Gasteiger partial charge in [0, 0.05) is 25.1 Å². The number of pyridine rings is 2. The summed E-state index contributed by atoms with van der Waals surface area (Å²) in [6, 6.07) is 9.09. The maximum Gasteiger partial charge on any atom is 0.321 e. The molecule has 0 aliphatic rings. The van der Waals surface area contributed by atoms with Crippen molar-refractivity contribution in [1.82, 2.24) is 25.5 Å². The Morgan fingerprint density at radius 1 is 1.13 bits per heavy atom. The lowest BCUT2D eigenvalue weighted by Gasteiger charge is -2.04. The van der Waals surface area contributed by atoms with Gasteiger partial charge < -0.3 is 5.32 Å². The van der Waals surface area contributed by atoms with Crippen LogP contribution in [0.15, 0.2) is 48.9 Å². The van der Waals surface area contributed by atoms with Crippen LogP contribution in [0.3, 0.4) is 0 Å². The van der Waals surface area contributed by atoms with Gasteiger partial charge in [-0.3, -0.25) is 15.3 Å². The van der Waals surface area contributed by atoms with Crippen molar-refractivity contribution < 1.29 is 4.79 Å². The van der Waals surface area contributed by atoms with E-state index in [0.717, 1.165) is 17.7 Å². The summed E-state index contributed by atoms with van der Waals surface area (Å²) < 4.78 is 0. The normalized spacial score (nSPS) is 10.3. The van der Waals surface area contributed by atoms with E-state index in [1.165, 1.54) is 11.3 Å². The zero-order chi connectivity index (χ0) is 15.9. The molecule has 2 N–H and O–H groups in total. The molecule has 0 atom stereocenters. The lowest BCUT2D eigenvalue weighted by molar-refractivity contribution is 0.252. The van der Waals surface area contributed by atoms with E-state index >= 15 is 0 Å². The van der Waals surface area contributed by atoms with Gasteiger partial charge in [0.1, 0.15) is 5.69 Å². The summed E-state index contributed by atoms with van der Waals surface area (Å²) in [5, 5.41) is 14.5. The summed E-state index contributed by atoms with van der Waals surface area (Å²) in [6.45, 7) is 0.517. The average Bonchev–Trinajstić information content (AvgIpc) is 3.05. The zero-order valence-corrected chi connectivity index (χ0v) is 13.0. The lowest BCUT2D eigenvalue weighted by atomic mass is 10.2. The van der Waals surface area contributed by atoms with E-state index in [1.807, 2.05) is 30.3 Å². The van der Waals surface area contributed by atoms with Crippen molar-refractivity contribution in [2.24, 2.45) is 0 Å². The Bertz CT molecular complexity index is 762. The van der Waals surface area contributed by atoms with Crippen molar-refractivity contribution in [3.8, 4) is 10.7 Å². The minimum Gasteiger partial charge on any atom is -0.337 e. The third-order valence-corrected chi connectivity index (χ3v) is 3.81. The Morgan fingerprint density at radius 3 is 2.87 bits per heavy atom. The topological polar surface area (TPSA) is 92.7 Å². The summed E-state index contributed by atoms with van der Waals surface area (Å²) in [4.78, 5) is 20.1. The van der Waals surface area contributed by atoms with Gasteiger partial charge in [-0.1, -0.05) is 23.5 Å². The maximum atomic E-state index is 11.8. The van der Waals surface area contributed by atoms with Gasteiger partial charge in [-0.2, -0.15) is 0 Å². The highest BCUT2D eigenvalue weighted by molar-refractivity contribution is 7.18. The summed E-state index contributed by atoms with van der Waals surface area (Å²) in [5.74, 6) is 0. The molecule has 0 aliphatic heterocycles. The van der Waals surface area contributed by atoms with Crippen LogP contribution >= 0.6 is 11.3 Å². The standard InChI is InChI=1S/C15H14N6OS/c22-14(18-9-6-11-4-3-7-16-10-11)19-15-21-20-13(23-15)12-5-1-2-8-17-12/h1-5,7-8,10H,6,9H2,(H2,18,19,21,22). The average molecular weight is 326 g/mol. The van der Waals surface area contributed by atoms with E-state index in [1.54, 1.807) is 18.6 Å². The van der Waals surface area contributed by atoms with Crippen LogP contribution < -0.4 is 10.6 Å².